The first-order valence-corrected chi connectivity index (χ1v) is 6.20. The van der Waals surface area contributed by atoms with Crippen molar-refractivity contribution in [3.05, 3.63) is 60.7 Å². The number of ether oxygens (including phenoxy) is 1. The highest BCUT2D eigenvalue weighted by atomic mass is 16.5. The fourth-order valence-corrected chi connectivity index (χ4v) is 1.93. The SMILES string of the molecule is C=Cc1cccc(-c2ccccc2)c1OC(C)C. The summed E-state index contributed by atoms with van der Waals surface area (Å²) in [4.78, 5) is 0. The van der Waals surface area contributed by atoms with Gasteiger partial charge >= 0.3 is 0 Å². The molecular weight excluding hydrogens is 220 g/mol. The third-order valence-electron chi connectivity index (χ3n) is 2.70. The van der Waals surface area contributed by atoms with Crippen LogP contribution in [0.25, 0.3) is 17.2 Å². The fourth-order valence-electron chi connectivity index (χ4n) is 1.93. The van der Waals surface area contributed by atoms with Crippen molar-refractivity contribution < 1.29 is 4.74 Å². The molecule has 0 fully saturated rings. The van der Waals surface area contributed by atoms with Gasteiger partial charge in [0, 0.05) is 11.1 Å². The van der Waals surface area contributed by atoms with Crippen molar-refractivity contribution in [2.24, 2.45) is 0 Å². The smallest absolute Gasteiger partial charge is 0.134 e. The highest BCUT2D eigenvalue weighted by Crippen LogP contribution is 2.34. The predicted octanol–water partition coefficient (Wildman–Crippen LogP) is 4.78. The Bertz CT molecular complexity index is 527. The molecule has 2 aromatic carbocycles. The molecule has 0 radical (unpaired) electrons. The molecule has 18 heavy (non-hydrogen) atoms. The molecular formula is C17H18O. The van der Waals surface area contributed by atoms with Gasteiger partial charge in [-0.15, -0.1) is 0 Å². The van der Waals surface area contributed by atoms with E-state index in [4.69, 9.17) is 4.74 Å². The van der Waals surface area contributed by atoms with Crippen molar-refractivity contribution in [3.8, 4) is 16.9 Å². The summed E-state index contributed by atoms with van der Waals surface area (Å²) in [6, 6.07) is 16.4. The standard InChI is InChI=1S/C17H18O/c1-4-14-11-8-12-16(17(14)18-13(2)3)15-9-6-5-7-10-15/h4-13H,1H2,2-3H3. The molecule has 0 bridgehead atoms. The van der Waals surface area contributed by atoms with Crippen LogP contribution in [-0.2, 0) is 0 Å². The van der Waals surface area contributed by atoms with E-state index in [0.717, 1.165) is 22.4 Å². The minimum absolute atomic E-state index is 0.147. The van der Waals surface area contributed by atoms with E-state index < -0.39 is 0 Å². The van der Waals surface area contributed by atoms with E-state index in [2.05, 4.69) is 24.8 Å². The van der Waals surface area contributed by atoms with Crippen LogP contribution in [0.5, 0.6) is 5.75 Å². The molecule has 0 aliphatic heterocycles. The Morgan fingerprint density at radius 1 is 1.00 bits per heavy atom. The molecule has 2 rings (SSSR count). The largest absolute Gasteiger partial charge is 0.490 e. The Hall–Kier alpha value is -2.02. The average molecular weight is 238 g/mol. The summed E-state index contributed by atoms with van der Waals surface area (Å²) >= 11 is 0. The lowest BCUT2D eigenvalue weighted by Crippen LogP contribution is -2.07. The van der Waals surface area contributed by atoms with E-state index >= 15 is 0 Å². The molecule has 0 saturated heterocycles. The van der Waals surface area contributed by atoms with Crippen molar-refractivity contribution in [1.82, 2.24) is 0 Å². The van der Waals surface area contributed by atoms with Gasteiger partial charge in [-0.2, -0.15) is 0 Å². The van der Waals surface area contributed by atoms with Crippen molar-refractivity contribution in [2.75, 3.05) is 0 Å². The zero-order chi connectivity index (χ0) is 13.0. The van der Waals surface area contributed by atoms with E-state index in [-0.39, 0.29) is 6.10 Å². The van der Waals surface area contributed by atoms with Crippen LogP contribution >= 0.6 is 0 Å². The Morgan fingerprint density at radius 2 is 1.72 bits per heavy atom. The maximum atomic E-state index is 5.95. The van der Waals surface area contributed by atoms with Crippen LogP contribution in [0.1, 0.15) is 19.4 Å². The van der Waals surface area contributed by atoms with E-state index in [1.165, 1.54) is 0 Å². The van der Waals surface area contributed by atoms with Crippen LogP contribution in [0.3, 0.4) is 0 Å². The first-order chi connectivity index (χ1) is 8.72. The average Bonchev–Trinajstić information content (AvgIpc) is 2.39. The molecule has 92 valence electrons. The Kier molecular flexibility index (Phi) is 3.83. The molecule has 2 aromatic rings. The molecule has 0 saturated carbocycles. The van der Waals surface area contributed by atoms with Crippen LogP contribution in [0, 0.1) is 0 Å². The quantitative estimate of drug-likeness (QED) is 0.744. The third kappa shape index (κ3) is 2.62. The normalized spacial score (nSPS) is 10.4. The maximum Gasteiger partial charge on any atom is 0.134 e. The van der Waals surface area contributed by atoms with Crippen molar-refractivity contribution in [3.63, 3.8) is 0 Å². The molecule has 0 aromatic heterocycles. The third-order valence-corrected chi connectivity index (χ3v) is 2.70. The van der Waals surface area contributed by atoms with Gasteiger partial charge in [-0.05, 0) is 19.4 Å². The number of benzene rings is 2. The van der Waals surface area contributed by atoms with Crippen molar-refractivity contribution in [2.45, 2.75) is 20.0 Å². The van der Waals surface area contributed by atoms with E-state index in [9.17, 15) is 0 Å². The summed E-state index contributed by atoms with van der Waals surface area (Å²) in [5.41, 5.74) is 3.31. The molecule has 0 unspecified atom stereocenters. The summed E-state index contributed by atoms with van der Waals surface area (Å²) in [7, 11) is 0. The Labute approximate surface area is 109 Å². The lowest BCUT2D eigenvalue weighted by molar-refractivity contribution is 0.243. The summed E-state index contributed by atoms with van der Waals surface area (Å²) in [5, 5.41) is 0. The highest BCUT2D eigenvalue weighted by Gasteiger charge is 2.10. The molecule has 0 heterocycles. The minimum Gasteiger partial charge on any atom is -0.490 e. The first-order valence-electron chi connectivity index (χ1n) is 6.20. The Morgan fingerprint density at radius 3 is 2.33 bits per heavy atom. The maximum absolute atomic E-state index is 5.95. The first kappa shape index (κ1) is 12.4. The van der Waals surface area contributed by atoms with Crippen LogP contribution < -0.4 is 4.74 Å². The van der Waals surface area contributed by atoms with Gasteiger partial charge in [-0.25, -0.2) is 0 Å². The van der Waals surface area contributed by atoms with E-state index in [0.29, 0.717) is 0 Å². The van der Waals surface area contributed by atoms with Gasteiger partial charge in [0.1, 0.15) is 5.75 Å². The monoisotopic (exact) mass is 238 g/mol. The molecule has 0 N–H and O–H groups in total. The number of hydrogen-bond acceptors (Lipinski definition) is 1. The molecule has 0 aliphatic rings. The number of para-hydroxylation sites is 1. The summed E-state index contributed by atoms with van der Waals surface area (Å²) in [6.07, 6.45) is 1.98. The van der Waals surface area contributed by atoms with Crippen LogP contribution in [-0.4, -0.2) is 6.10 Å². The summed E-state index contributed by atoms with van der Waals surface area (Å²) in [6.45, 7) is 7.93. The zero-order valence-electron chi connectivity index (χ0n) is 10.9. The van der Waals surface area contributed by atoms with Gasteiger partial charge in [0.2, 0.25) is 0 Å². The molecule has 0 spiro atoms. The van der Waals surface area contributed by atoms with Gasteiger partial charge in [-0.1, -0.05) is 61.2 Å². The molecule has 1 heteroatoms. The fraction of sp³-hybridized carbons (Fsp3) is 0.176. The van der Waals surface area contributed by atoms with E-state index in [1.807, 2.05) is 50.3 Å². The topological polar surface area (TPSA) is 9.23 Å². The van der Waals surface area contributed by atoms with Gasteiger partial charge < -0.3 is 4.74 Å². The second-order valence-electron chi connectivity index (χ2n) is 4.46. The minimum atomic E-state index is 0.147. The highest BCUT2D eigenvalue weighted by molar-refractivity contribution is 5.76. The van der Waals surface area contributed by atoms with Gasteiger partial charge in [0.15, 0.2) is 0 Å². The van der Waals surface area contributed by atoms with Gasteiger partial charge in [-0.3, -0.25) is 0 Å². The van der Waals surface area contributed by atoms with Gasteiger partial charge in [0.25, 0.3) is 0 Å². The van der Waals surface area contributed by atoms with Crippen LogP contribution in [0.2, 0.25) is 0 Å². The summed E-state index contributed by atoms with van der Waals surface area (Å²) < 4.78 is 5.95. The lowest BCUT2D eigenvalue weighted by atomic mass is 10.0. The lowest BCUT2D eigenvalue weighted by Gasteiger charge is -2.17. The van der Waals surface area contributed by atoms with Crippen molar-refractivity contribution >= 4 is 6.08 Å². The molecule has 0 aliphatic carbocycles. The van der Waals surface area contributed by atoms with Gasteiger partial charge in [0.05, 0.1) is 6.10 Å². The molecule has 0 atom stereocenters. The Balaban J connectivity index is 2.56. The van der Waals surface area contributed by atoms with Crippen molar-refractivity contribution in [1.29, 1.82) is 0 Å². The van der Waals surface area contributed by atoms with E-state index in [1.54, 1.807) is 0 Å². The second kappa shape index (κ2) is 5.54. The van der Waals surface area contributed by atoms with Crippen LogP contribution in [0.4, 0.5) is 0 Å². The predicted molar refractivity (Wildman–Crippen MR) is 77.7 cm³/mol. The zero-order valence-corrected chi connectivity index (χ0v) is 10.9. The number of hydrogen-bond donors (Lipinski definition) is 0. The second-order valence-corrected chi connectivity index (χ2v) is 4.46. The number of rotatable bonds is 4. The van der Waals surface area contributed by atoms with Crippen LogP contribution in [0.15, 0.2) is 55.1 Å². The molecule has 1 nitrogen and oxygen atoms in total. The molecule has 0 amide bonds. The summed E-state index contributed by atoms with van der Waals surface area (Å²) in [5.74, 6) is 0.911.